The SMILES string of the molecule is CN(Cc1cc(F)ccc1F)CC1(CO)COC1. The molecular formula is C13H17F2NO2. The molecule has 1 aliphatic rings. The maximum Gasteiger partial charge on any atom is 0.127 e. The summed E-state index contributed by atoms with van der Waals surface area (Å²) in [6.45, 7) is 1.98. The zero-order valence-electron chi connectivity index (χ0n) is 10.3. The largest absolute Gasteiger partial charge is 0.396 e. The Labute approximate surface area is 105 Å². The Kier molecular flexibility index (Phi) is 3.94. The van der Waals surface area contributed by atoms with Crippen molar-refractivity contribution in [3.8, 4) is 0 Å². The fourth-order valence-electron chi connectivity index (χ4n) is 2.21. The van der Waals surface area contributed by atoms with E-state index in [-0.39, 0.29) is 12.0 Å². The number of aliphatic hydroxyl groups excluding tert-OH is 1. The van der Waals surface area contributed by atoms with E-state index in [2.05, 4.69) is 0 Å². The molecule has 0 bridgehead atoms. The van der Waals surface area contributed by atoms with Gasteiger partial charge in [-0.15, -0.1) is 0 Å². The second-order valence-corrected chi connectivity index (χ2v) is 5.06. The molecule has 2 rings (SSSR count). The molecule has 0 aromatic heterocycles. The van der Waals surface area contributed by atoms with E-state index in [4.69, 9.17) is 4.74 Å². The van der Waals surface area contributed by atoms with Crippen LogP contribution in [0.1, 0.15) is 5.56 Å². The molecule has 100 valence electrons. The minimum atomic E-state index is -0.441. The monoisotopic (exact) mass is 257 g/mol. The lowest BCUT2D eigenvalue weighted by Crippen LogP contribution is -2.52. The van der Waals surface area contributed by atoms with Gasteiger partial charge in [-0.2, -0.15) is 0 Å². The normalized spacial score (nSPS) is 17.8. The van der Waals surface area contributed by atoms with Crippen LogP contribution in [-0.4, -0.2) is 43.4 Å². The van der Waals surface area contributed by atoms with Crippen molar-refractivity contribution in [2.45, 2.75) is 6.54 Å². The second-order valence-electron chi connectivity index (χ2n) is 5.06. The summed E-state index contributed by atoms with van der Waals surface area (Å²) in [4.78, 5) is 1.87. The Bertz CT molecular complexity index is 416. The van der Waals surface area contributed by atoms with E-state index in [1.165, 1.54) is 6.07 Å². The zero-order chi connectivity index (χ0) is 13.2. The Morgan fingerprint density at radius 2 is 2.11 bits per heavy atom. The first-order chi connectivity index (χ1) is 8.54. The molecule has 0 atom stereocenters. The molecule has 1 N–H and O–H groups in total. The summed E-state index contributed by atoms with van der Waals surface area (Å²) >= 11 is 0. The molecule has 0 spiro atoms. The fraction of sp³-hybridized carbons (Fsp3) is 0.538. The third-order valence-corrected chi connectivity index (χ3v) is 3.21. The van der Waals surface area contributed by atoms with Crippen LogP contribution in [0.25, 0.3) is 0 Å². The van der Waals surface area contributed by atoms with Crippen LogP contribution in [0.2, 0.25) is 0 Å². The van der Waals surface area contributed by atoms with Crippen LogP contribution >= 0.6 is 0 Å². The summed E-state index contributed by atoms with van der Waals surface area (Å²) in [6, 6.07) is 3.44. The summed E-state index contributed by atoms with van der Waals surface area (Å²) in [7, 11) is 1.82. The van der Waals surface area contributed by atoms with Crippen molar-refractivity contribution in [3.05, 3.63) is 35.4 Å². The highest BCUT2D eigenvalue weighted by molar-refractivity contribution is 5.18. The summed E-state index contributed by atoms with van der Waals surface area (Å²) in [6.07, 6.45) is 0. The van der Waals surface area contributed by atoms with Gasteiger partial charge in [-0.1, -0.05) is 0 Å². The van der Waals surface area contributed by atoms with Crippen molar-refractivity contribution in [1.82, 2.24) is 4.90 Å². The number of benzene rings is 1. The highest BCUT2D eigenvalue weighted by atomic mass is 19.1. The number of aliphatic hydroxyl groups is 1. The molecule has 0 unspecified atom stereocenters. The van der Waals surface area contributed by atoms with Gasteiger partial charge in [-0.05, 0) is 25.2 Å². The average molecular weight is 257 g/mol. The van der Waals surface area contributed by atoms with Crippen LogP contribution in [0.4, 0.5) is 8.78 Å². The Morgan fingerprint density at radius 3 is 2.67 bits per heavy atom. The van der Waals surface area contributed by atoms with Crippen molar-refractivity contribution >= 4 is 0 Å². The molecule has 18 heavy (non-hydrogen) atoms. The molecular weight excluding hydrogens is 240 g/mol. The lowest BCUT2D eigenvalue weighted by molar-refractivity contribution is -0.147. The first-order valence-corrected chi connectivity index (χ1v) is 5.86. The minimum absolute atomic E-state index is 0.0446. The van der Waals surface area contributed by atoms with E-state index < -0.39 is 11.6 Å². The zero-order valence-corrected chi connectivity index (χ0v) is 10.3. The van der Waals surface area contributed by atoms with E-state index in [9.17, 15) is 13.9 Å². The molecule has 0 aliphatic carbocycles. The van der Waals surface area contributed by atoms with Crippen molar-refractivity contribution in [2.75, 3.05) is 33.4 Å². The number of nitrogens with zero attached hydrogens (tertiary/aromatic N) is 1. The first kappa shape index (κ1) is 13.4. The maximum atomic E-state index is 13.5. The standard InChI is InChI=1S/C13H17F2NO2/c1-16(6-13(7-17)8-18-9-13)5-10-4-11(14)2-3-12(10)15/h2-4,17H,5-9H2,1H3. The van der Waals surface area contributed by atoms with Gasteiger partial charge < -0.3 is 14.7 Å². The highest BCUT2D eigenvalue weighted by Gasteiger charge is 2.38. The molecule has 3 nitrogen and oxygen atoms in total. The van der Waals surface area contributed by atoms with Crippen molar-refractivity contribution in [2.24, 2.45) is 5.41 Å². The summed E-state index contributed by atoms with van der Waals surface area (Å²) in [5, 5.41) is 9.31. The Morgan fingerprint density at radius 1 is 1.39 bits per heavy atom. The van der Waals surface area contributed by atoms with Crippen LogP contribution in [0.5, 0.6) is 0 Å². The molecule has 1 heterocycles. The van der Waals surface area contributed by atoms with Crippen molar-refractivity contribution in [3.63, 3.8) is 0 Å². The van der Waals surface area contributed by atoms with Gasteiger partial charge in [-0.25, -0.2) is 8.78 Å². The van der Waals surface area contributed by atoms with E-state index in [1.807, 2.05) is 11.9 Å². The molecule has 5 heteroatoms. The molecule has 0 radical (unpaired) electrons. The number of ether oxygens (including phenoxy) is 1. The third kappa shape index (κ3) is 2.85. The fourth-order valence-corrected chi connectivity index (χ4v) is 2.21. The number of rotatable bonds is 5. The minimum Gasteiger partial charge on any atom is -0.396 e. The Hall–Kier alpha value is -1.04. The average Bonchev–Trinajstić information content (AvgIpc) is 2.28. The van der Waals surface area contributed by atoms with E-state index in [1.54, 1.807) is 0 Å². The highest BCUT2D eigenvalue weighted by Crippen LogP contribution is 2.28. The lowest BCUT2D eigenvalue weighted by Gasteiger charge is -2.42. The van der Waals surface area contributed by atoms with E-state index in [0.717, 1.165) is 12.1 Å². The van der Waals surface area contributed by atoms with Gasteiger partial charge in [0.1, 0.15) is 11.6 Å². The van der Waals surface area contributed by atoms with Gasteiger partial charge in [0, 0.05) is 18.7 Å². The van der Waals surface area contributed by atoms with Gasteiger partial charge in [-0.3, -0.25) is 0 Å². The van der Waals surface area contributed by atoms with Crippen molar-refractivity contribution < 1.29 is 18.6 Å². The molecule has 1 aromatic carbocycles. The van der Waals surface area contributed by atoms with Crippen LogP contribution in [-0.2, 0) is 11.3 Å². The van der Waals surface area contributed by atoms with Crippen LogP contribution in [0, 0.1) is 17.0 Å². The number of hydrogen-bond donors (Lipinski definition) is 1. The van der Waals surface area contributed by atoms with Gasteiger partial charge in [0.2, 0.25) is 0 Å². The summed E-state index contributed by atoms with van der Waals surface area (Å²) in [5.74, 6) is -0.852. The lowest BCUT2D eigenvalue weighted by atomic mass is 9.86. The molecule has 0 saturated carbocycles. The third-order valence-electron chi connectivity index (χ3n) is 3.21. The summed E-state index contributed by atoms with van der Waals surface area (Å²) < 4.78 is 31.6. The predicted molar refractivity (Wildman–Crippen MR) is 63.0 cm³/mol. The summed E-state index contributed by atoms with van der Waals surface area (Å²) in [5.41, 5.74) is 0.0734. The quantitative estimate of drug-likeness (QED) is 0.865. The number of halogens is 2. The van der Waals surface area contributed by atoms with E-state index in [0.29, 0.717) is 31.9 Å². The van der Waals surface area contributed by atoms with Crippen molar-refractivity contribution in [1.29, 1.82) is 0 Å². The first-order valence-electron chi connectivity index (χ1n) is 5.86. The van der Waals surface area contributed by atoms with Crippen LogP contribution in [0.15, 0.2) is 18.2 Å². The van der Waals surface area contributed by atoms with Crippen LogP contribution in [0.3, 0.4) is 0 Å². The molecule has 0 amide bonds. The Balaban J connectivity index is 1.98. The van der Waals surface area contributed by atoms with Gasteiger partial charge >= 0.3 is 0 Å². The smallest absolute Gasteiger partial charge is 0.127 e. The predicted octanol–water partition coefficient (Wildman–Crippen LogP) is 1.41. The van der Waals surface area contributed by atoms with Gasteiger partial charge in [0.05, 0.1) is 25.2 Å². The van der Waals surface area contributed by atoms with Crippen LogP contribution < -0.4 is 0 Å². The molecule has 1 saturated heterocycles. The topological polar surface area (TPSA) is 32.7 Å². The van der Waals surface area contributed by atoms with Gasteiger partial charge in [0.15, 0.2) is 0 Å². The number of hydrogen-bond acceptors (Lipinski definition) is 3. The molecule has 1 aliphatic heterocycles. The van der Waals surface area contributed by atoms with Gasteiger partial charge in [0.25, 0.3) is 0 Å². The molecule has 1 aromatic rings. The maximum absolute atomic E-state index is 13.5. The molecule has 1 fully saturated rings. The second kappa shape index (κ2) is 5.30. The van der Waals surface area contributed by atoms with E-state index >= 15 is 0 Å².